The van der Waals surface area contributed by atoms with E-state index in [0.29, 0.717) is 17.1 Å². The van der Waals surface area contributed by atoms with Crippen LogP contribution in [-0.2, 0) is 16.6 Å². The molecule has 0 aliphatic rings. The van der Waals surface area contributed by atoms with Crippen molar-refractivity contribution in [1.29, 1.82) is 0 Å². The van der Waals surface area contributed by atoms with E-state index >= 15 is 0 Å². The Balaban J connectivity index is 1.67. The maximum atomic E-state index is 12.4. The van der Waals surface area contributed by atoms with Crippen LogP contribution < -0.4 is 5.32 Å². The molecule has 0 radical (unpaired) electrons. The van der Waals surface area contributed by atoms with E-state index in [4.69, 9.17) is 4.74 Å². The van der Waals surface area contributed by atoms with E-state index in [-0.39, 0.29) is 5.56 Å². The van der Waals surface area contributed by atoms with Gasteiger partial charge in [-0.15, -0.1) is 5.10 Å². The number of carbonyl (C=O) groups excluding carboxylic acids is 2. The number of carbonyl (C=O) groups is 2. The number of tetrazole rings is 1. The Labute approximate surface area is 148 Å². The van der Waals surface area contributed by atoms with Crippen LogP contribution in [-0.4, -0.2) is 48.5 Å². The summed E-state index contributed by atoms with van der Waals surface area (Å²) in [5, 5.41) is 17.8. The zero-order valence-corrected chi connectivity index (χ0v) is 14.5. The lowest BCUT2D eigenvalue weighted by Gasteiger charge is -2.09. The Kier molecular flexibility index (Phi) is 4.74. The number of benzene rings is 1. The molecule has 0 saturated carbocycles. The quantitative estimate of drug-likeness (QED) is 0.673. The molecule has 0 atom stereocenters. The molecule has 2 heterocycles. The number of nitrogens with zero attached hydrogens (tertiary/aromatic N) is 6. The average molecular weight is 355 g/mol. The van der Waals surface area contributed by atoms with Crippen molar-refractivity contribution in [3.05, 3.63) is 47.5 Å². The first-order valence-electron chi connectivity index (χ1n) is 7.77. The monoisotopic (exact) mass is 355 g/mol. The van der Waals surface area contributed by atoms with E-state index in [9.17, 15) is 9.59 Å². The number of hydrogen-bond donors (Lipinski definition) is 1. The van der Waals surface area contributed by atoms with Gasteiger partial charge in [0.15, 0.2) is 6.61 Å². The second-order valence-corrected chi connectivity index (χ2v) is 5.57. The lowest BCUT2D eigenvalue weighted by atomic mass is 10.2. The highest BCUT2D eigenvalue weighted by Gasteiger charge is 2.17. The first kappa shape index (κ1) is 17.3. The van der Waals surface area contributed by atoms with Gasteiger partial charge in [-0.25, -0.2) is 4.79 Å². The van der Waals surface area contributed by atoms with Gasteiger partial charge in [-0.2, -0.15) is 9.78 Å². The summed E-state index contributed by atoms with van der Waals surface area (Å²) < 4.78 is 8.14. The maximum Gasteiger partial charge on any atom is 0.340 e. The van der Waals surface area contributed by atoms with Crippen molar-refractivity contribution in [3.63, 3.8) is 0 Å². The van der Waals surface area contributed by atoms with Crippen LogP contribution in [0.2, 0.25) is 0 Å². The number of rotatable bonds is 5. The van der Waals surface area contributed by atoms with Crippen LogP contribution in [0.5, 0.6) is 0 Å². The van der Waals surface area contributed by atoms with E-state index < -0.39 is 18.5 Å². The molecule has 1 amide bonds. The molecule has 3 aromatic rings. The SMILES string of the molecule is Cc1nn(C)c(C)c1NC(=O)COC(=O)c1ccccc1-n1cnnn1. The number of ether oxygens (including phenoxy) is 1. The largest absolute Gasteiger partial charge is 0.452 e. The second-order valence-electron chi connectivity index (χ2n) is 5.57. The summed E-state index contributed by atoms with van der Waals surface area (Å²) in [5.41, 5.74) is 2.82. The van der Waals surface area contributed by atoms with Crippen molar-refractivity contribution in [2.45, 2.75) is 13.8 Å². The van der Waals surface area contributed by atoms with Gasteiger partial charge in [-0.1, -0.05) is 12.1 Å². The number of esters is 1. The fraction of sp³-hybridized carbons (Fsp3) is 0.250. The third-order valence-corrected chi connectivity index (χ3v) is 3.83. The number of anilines is 1. The van der Waals surface area contributed by atoms with Gasteiger partial charge in [0.25, 0.3) is 5.91 Å². The van der Waals surface area contributed by atoms with Gasteiger partial charge in [0.05, 0.1) is 28.3 Å². The number of nitrogens with one attached hydrogen (secondary N) is 1. The van der Waals surface area contributed by atoms with Crippen LogP contribution in [0.3, 0.4) is 0 Å². The number of aromatic nitrogens is 6. The molecule has 0 unspecified atom stereocenters. The topological polar surface area (TPSA) is 117 Å². The molecule has 0 aliphatic heterocycles. The van der Waals surface area contributed by atoms with Crippen molar-refractivity contribution in [2.75, 3.05) is 11.9 Å². The Morgan fingerprint density at radius 2 is 2.00 bits per heavy atom. The first-order chi connectivity index (χ1) is 12.5. The molecule has 0 saturated heterocycles. The fourth-order valence-electron chi connectivity index (χ4n) is 2.46. The third kappa shape index (κ3) is 3.43. The number of aryl methyl sites for hydroxylation is 2. The van der Waals surface area contributed by atoms with Gasteiger partial charge < -0.3 is 10.1 Å². The highest BCUT2D eigenvalue weighted by molar-refractivity contribution is 5.97. The Morgan fingerprint density at radius 1 is 1.23 bits per heavy atom. The smallest absolute Gasteiger partial charge is 0.340 e. The molecular weight excluding hydrogens is 338 g/mol. The normalized spacial score (nSPS) is 10.6. The molecule has 134 valence electrons. The second kappa shape index (κ2) is 7.13. The molecule has 0 spiro atoms. The lowest BCUT2D eigenvalue weighted by molar-refractivity contribution is -0.119. The van der Waals surface area contributed by atoms with Gasteiger partial charge >= 0.3 is 5.97 Å². The summed E-state index contributed by atoms with van der Waals surface area (Å²) in [6.07, 6.45) is 1.37. The minimum absolute atomic E-state index is 0.251. The van der Waals surface area contributed by atoms with Gasteiger partial charge in [-0.05, 0) is 36.4 Å². The molecule has 10 heteroatoms. The fourth-order valence-corrected chi connectivity index (χ4v) is 2.46. The predicted molar refractivity (Wildman–Crippen MR) is 90.7 cm³/mol. The number of para-hydroxylation sites is 1. The van der Waals surface area contributed by atoms with Crippen LogP contribution in [0.15, 0.2) is 30.6 Å². The Hall–Kier alpha value is -3.56. The van der Waals surface area contributed by atoms with Crippen molar-refractivity contribution in [2.24, 2.45) is 7.05 Å². The highest BCUT2D eigenvalue weighted by atomic mass is 16.5. The maximum absolute atomic E-state index is 12.4. The molecule has 0 bridgehead atoms. The van der Waals surface area contributed by atoms with Gasteiger partial charge in [0.2, 0.25) is 0 Å². The van der Waals surface area contributed by atoms with Gasteiger partial charge in [0, 0.05) is 7.05 Å². The van der Waals surface area contributed by atoms with E-state index in [1.54, 1.807) is 42.9 Å². The van der Waals surface area contributed by atoms with Crippen LogP contribution in [0.4, 0.5) is 5.69 Å². The summed E-state index contributed by atoms with van der Waals surface area (Å²) in [6, 6.07) is 6.68. The molecule has 0 aliphatic carbocycles. The van der Waals surface area contributed by atoms with E-state index in [2.05, 4.69) is 25.9 Å². The zero-order valence-electron chi connectivity index (χ0n) is 14.5. The molecule has 0 fully saturated rings. The standard InChI is InChI=1S/C16H17N7O3/c1-10-15(11(2)22(3)19-10)18-14(24)8-26-16(25)12-6-4-5-7-13(12)23-9-17-20-21-23/h4-7,9H,8H2,1-3H3,(H,18,24). The molecule has 1 aromatic carbocycles. The molecule has 26 heavy (non-hydrogen) atoms. The minimum atomic E-state index is -0.647. The van der Waals surface area contributed by atoms with Crippen molar-refractivity contribution in [3.8, 4) is 5.69 Å². The van der Waals surface area contributed by atoms with Crippen molar-refractivity contribution < 1.29 is 14.3 Å². The summed E-state index contributed by atoms with van der Waals surface area (Å²) >= 11 is 0. The van der Waals surface area contributed by atoms with Crippen LogP contribution in [0, 0.1) is 13.8 Å². The Morgan fingerprint density at radius 3 is 2.65 bits per heavy atom. The van der Waals surface area contributed by atoms with E-state index in [1.807, 2.05) is 6.92 Å². The molecule has 3 rings (SSSR count). The van der Waals surface area contributed by atoms with Crippen LogP contribution in [0.25, 0.3) is 5.69 Å². The predicted octanol–water partition coefficient (Wildman–Crippen LogP) is 0.808. The van der Waals surface area contributed by atoms with E-state index in [1.165, 1.54) is 11.0 Å². The summed E-state index contributed by atoms with van der Waals surface area (Å²) in [4.78, 5) is 24.5. The highest BCUT2D eigenvalue weighted by Crippen LogP contribution is 2.18. The molecular formula is C16H17N7O3. The van der Waals surface area contributed by atoms with Crippen LogP contribution in [0.1, 0.15) is 21.7 Å². The number of amides is 1. The lowest BCUT2D eigenvalue weighted by Crippen LogP contribution is -2.22. The molecule has 2 aromatic heterocycles. The zero-order chi connectivity index (χ0) is 18.7. The first-order valence-corrected chi connectivity index (χ1v) is 7.77. The third-order valence-electron chi connectivity index (χ3n) is 3.83. The van der Waals surface area contributed by atoms with Gasteiger partial charge in [-0.3, -0.25) is 9.48 Å². The van der Waals surface area contributed by atoms with Crippen molar-refractivity contribution >= 4 is 17.6 Å². The molecule has 10 nitrogen and oxygen atoms in total. The average Bonchev–Trinajstić information content (AvgIpc) is 3.24. The summed E-state index contributed by atoms with van der Waals surface area (Å²) in [7, 11) is 1.79. The summed E-state index contributed by atoms with van der Waals surface area (Å²) in [5.74, 6) is -1.09. The Bertz CT molecular complexity index is 947. The minimum Gasteiger partial charge on any atom is -0.452 e. The van der Waals surface area contributed by atoms with Crippen molar-refractivity contribution in [1.82, 2.24) is 30.0 Å². The van der Waals surface area contributed by atoms with Crippen LogP contribution >= 0.6 is 0 Å². The number of hydrogen-bond acceptors (Lipinski definition) is 7. The van der Waals surface area contributed by atoms with Gasteiger partial charge in [0.1, 0.15) is 6.33 Å². The summed E-state index contributed by atoms with van der Waals surface area (Å²) in [6.45, 7) is 3.21. The molecule has 1 N–H and O–H groups in total. The van der Waals surface area contributed by atoms with E-state index in [0.717, 1.165) is 5.69 Å².